The van der Waals surface area contributed by atoms with E-state index in [1.807, 2.05) is 19.1 Å². The first-order chi connectivity index (χ1) is 7.77. The van der Waals surface area contributed by atoms with Gasteiger partial charge in [-0.15, -0.1) is 0 Å². The summed E-state index contributed by atoms with van der Waals surface area (Å²) >= 11 is 1.43. The van der Waals surface area contributed by atoms with Crippen LogP contribution in [0.1, 0.15) is 18.5 Å². The lowest BCUT2D eigenvalue weighted by Crippen LogP contribution is -2.07. The number of hydrogen-bond acceptors (Lipinski definition) is 5. The van der Waals surface area contributed by atoms with Gasteiger partial charge in [0.15, 0.2) is 5.16 Å². The zero-order chi connectivity index (χ0) is 11.4. The summed E-state index contributed by atoms with van der Waals surface area (Å²) in [5.41, 5.74) is 6.89. The Labute approximate surface area is 98.3 Å². The zero-order valence-corrected chi connectivity index (χ0v) is 9.69. The predicted molar refractivity (Wildman–Crippen MR) is 63.0 cm³/mol. The molecule has 16 heavy (non-hydrogen) atoms. The Hall–Kier alpha value is -1.46. The van der Waals surface area contributed by atoms with Gasteiger partial charge in [-0.3, -0.25) is 0 Å². The summed E-state index contributed by atoms with van der Waals surface area (Å²) in [6.07, 6.45) is 5.17. The lowest BCUT2D eigenvalue weighted by molar-refractivity contribution is 0.778. The van der Waals surface area contributed by atoms with Crippen LogP contribution in [0, 0.1) is 0 Å². The van der Waals surface area contributed by atoms with Crippen molar-refractivity contribution in [1.29, 1.82) is 0 Å². The molecule has 4 nitrogen and oxygen atoms in total. The first-order valence-electron chi connectivity index (χ1n) is 4.93. The van der Waals surface area contributed by atoms with Crippen LogP contribution < -0.4 is 5.73 Å². The summed E-state index contributed by atoms with van der Waals surface area (Å²) in [5.74, 6) is 0. The van der Waals surface area contributed by atoms with Crippen LogP contribution in [-0.4, -0.2) is 15.0 Å². The molecule has 2 aromatic rings. The predicted octanol–water partition coefficient (Wildman–Crippen LogP) is 2.04. The third-order valence-corrected chi connectivity index (χ3v) is 2.95. The minimum absolute atomic E-state index is 0.0417. The van der Waals surface area contributed by atoms with Crippen molar-refractivity contribution in [1.82, 2.24) is 15.0 Å². The van der Waals surface area contributed by atoms with Gasteiger partial charge in [-0.25, -0.2) is 15.0 Å². The first-order valence-corrected chi connectivity index (χ1v) is 5.74. The van der Waals surface area contributed by atoms with E-state index in [4.69, 9.17) is 5.73 Å². The third kappa shape index (κ3) is 2.56. The van der Waals surface area contributed by atoms with E-state index < -0.39 is 0 Å². The first kappa shape index (κ1) is 11.0. The average Bonchev–Trinajstić information content (AvgIpc) is 2.31. The van der Waals surface area contributed by atoms with Crippen molar-refractivity contribution in [3.8, 4) is 0 Å². The normalized spacial score (nSPS) is 12.4. The van der Waals surface area contributed by atoms with E-state index in [9.17, 15) is 0 Å². The molecule has 0 aliphatic heterocycles. The molecule has 0 fully saturated rings. The monoisotopic (exact) mass is 232 g/mol. The van der Waals surface area contributed by atoms with E-state index in [-0.39, 0.29) is 6.04 Å². The standard InChI is InChI=1S/C11H12N4S/c1-8(12)9-4-2-5-13-10(9)16-11-14-6-3-7-15-11/h2-8H,12H2,1H3/t8-/m1/s1. The van der Waals surface area contributed by atoms with Gasteiger partial charge in [-0.1, -0.05) is 6.07 Å². The molecule has 0 bridgehead atoms. The van der Waals surface area contributed by atoms with Crippen molar-refractivity contribution < 1.29 is 0 Å². The van der Waals surface area contributed by atoms with Crippen LogP contribution in [-0.2, 0) is 0 Å². The van der Waals surface area contributed by atoms with Gasteiger partial charge in [0, 0.05) is 30.2 Å². The van der Waals surface area contributed by atoms with Crippen LogP contribution in [0.4, 0.5) is 0 Å². The van der Waals surface area contributed by atoms with Crippen molar-refractivity contribution in [3.63, 3.8) is 0 Å². The highest BCUT2D eigenvalue weighted by molar-refractivity contribution is 7.99. The summed E-state index contributed by atoms with van der Waals surface area (Å²) in [4.78, 5) is 12.6. The number of rotatable bonds is 3. The smallest absolute Gasteiger partial charge is 0.193 e. The molecule has 0 saturated carbocycles. The van der Waals surface area contributed by atoms with Gasteiger partial charge < -0.3 is 5.73 Å². The highest BCUT2D eigenvalue weighted by Gasteiger charge is 2.09. The highest BCUT2D eigenvalue weighted by Crippen LogP contribution is 2.27. The van der Waals surface area contributed by atoms with E-state index in [1.54, 1.807) is 24.7 Å². The largest absolute Gasteiger partial charge is 0.324 e. The van der Waals surface area contributed by atoms with Crippen molar-refractivity contribution >= 4 is 11.8 Å². The van der Waals surface area contributed by atoms with Crippen molar-refractivity contribution in [2.75, 3.05) is 0 Å². The highest BCUT2D eigenvalue weighted by atomic mass is 32.2. The van der Waals surface area contributed by atoms with Gasteiger partial charge >= 0.3 is 0 Å². The van der Waals surface area contributed by atoms with Gasteiger partial charge in [0.1, 0.15) is 5.03 Å². The Morgan fingerprint density at radius 2 is 1.81 bits per heavy atom. The maximum atomic E-state index is 5.87. The molecule has 0 spiro atoms. The molecule has 2 aromatic heterocycles. The van der Waals surface area contributed by atoms with E-state index in [0.717, 1.165) is 10.6 Å². The molecule has 1 atom stereocenters. The molecule has 0 aliphatic carbocycles. The number of aromatic nitrogens is 3. The van der Waals surface area contributed by atoms with Gasteiger partial charge in [-0.2, -0.15) is 0 Å². The number of nitrogens with two attached hydrogens (primary N) is 1. The fourth-order valence-corrected chi connectivity index (χ4v) is 2.15. The molecular formula is C11H12N4S. The molecule has 0 unspecified atom stereocenters. The molecule has 0 aromatic carbocycles. The van der Waals surface area contributed by atoms with Crippen LogP contribution in [0.3, 0.4) is 0 Å². The second-order valence-electron chi connectivity index (χ2n) is 3.32. The molecule has 2 heterocycles. The average molecular weight is 232 g/mol. The Bertz CT molecular complexity index is 459. The maximum absolute atomic E-state index is 5.87. The lowest BCUT2D eigenvalue weighted by Gasteiger charge is -2.09. The SMILES string of the molecule is C[C@@H](N)c1cccnc1Sc1ncccn1. The van der Waals surface area contributed by atoms with Crippen molar-refractivity contribution in [3.05, 3.63) is 42.4 Å². The topological polar surface area (TPSA) is 64.7 Å². The summed E-state index contributed by atoms with van der Waals surface area (Å²) in [5, 5.41) is 1.55. The Kier molecular flexibility index (Phi) is 3.48. The van der Waals surface area contributed by atoms with E-state index in [1.165, 1.54) is 11.8 Å². The summed E-state index contributed by atoms with van der Waals surface area (Å²) in [7, 11) is 0. The maximum Gasteiger partial charge on any atom is 0.193 e. The van der Waals surface area contributed by atoms with Crippen LogP contribution in [0.5, 0.6) is 0 Å². The summed E-state index contributed by atoms with van der Waals surface area (Å²) in [6.45, 7) is 1.94. The quantitative estimate of drug-likeness (QED) is 0.820. The van der Waals surface area contributed by atoms with Gasteiger partial charge in [0.2, 0.25) is 0 Å². The molecular weight excluding hydrogens is 220 g/mol. The molecule has 82 valence electrons. The van der Waals surface area contributed by atoms with E-state index in [0.29, 0.717) is 5.16 Å². The second kappa shape index (κ2) is 5.05. The Morgan fingerprint density at radius 1 is 1.12 bits per heavy atom. The van der Waals surface area contributed by atoms with E-state index >= 15 is 0 Å². The lowest BCUT2D eigenvalue weighted by atomic mass is 10.2. The molecule has 0 aliphatic rings. The molecule has 5 heteroatoms. The number of hydrogen-bond donors (Lipinski definition) is 1. The Morgan fingerprint density at radius 3 is 2.50 bits per heavy atom. The van der Waals surface area contributed by atoms with Crippen LogP contribution in [0.15, 0.2) is 47.0 Å². The van der Waals surface area contributed by atoms with Crippen LogP contribution in [0.25, 0.3) is 0 Å². The molecule has 0 amide bonds. The molecule has 2 rings (SSSR count). The second-order valence-corrected chi connectivity index (χ2v) is 4.28. The number of pyridine rings is 1. The van der Waals surface area contributed by atoms with E-state index in [2.05, 4.69) is 15.0 Å². The molecule has 2 N–H and O–H groups in total. The summed E-state index contributed by atoms with van der Waals surface area (Å²) in [6, 6.07) is 5.60. The van der Waals surface area contributed by atoms with Crippen molar-refractivity contribution in [2.45, 2.75) is 23.1 Å². The molecule has 0 saturated heterocycles. The minimum atomic E-state index is -0.0417. The molecule has 0 radical (unpaired) electrons. The van der Waals surface area contributed by atoms with Gasteiger partial charge in [0.25, 0.3) is 0 Å². The van der Waals surface area contributed by atoms with Crippen LogP contribution >= 0.6 is 11.8 Å². The number of nitrogens with zero attached hydrogens (tertiary/aromatic N) is 3. The van der Waals surface area contributed by atoms with Gasteiger partial charge in [-0.05, 0) is 30.8 Å². The van der Waals surface area contributed by atoms with Crippen LogP contribution in [0.2, 0.25) is 0 Å². The fourth-order valence-electron chi connectivity index (χ4n) is 1.26. The fraction of sp³-hybridized carbons (Fsp3) is 0.182. The minimum Gasteiger partial charge on any atom is -0.324 e. The summed E-state index contributed by atoms with van der Waals surface area (Å²) < 4.78 is 0. The zero-order valence-electron chi connectivity index (χ0n) is 8.87. The van der Waals surface area contributed by atoms with Gasteiger partial charge in [0.05, 0.1) is 0 Å². The van der Waals surface area contributed by atoms with Crippen molar-refractivity contribution in [2.24, 2.45) is 5.73 Å². The Balaban J connectivity index is 2.28. The third-order valence-electron chi connectivity index (χ3n) is 2.02.